The SMILES string of the molecule is COc1ccc(OC)c(N(CC(=O)N[C@H]2CCCc3ccccc32)S(C)(=O)=O)c1. The highest BCUT2D eigenvalue weighted by Crippen LogP contribution is 2.34. The first-order chi connectivity index (χ1) is 13.8. The Morgan fingerprint density at radius 2 is 1.93 bits per heavy atom. The Labute approximate surface area is 171 Å². The number of methoxy groups -OCH3 is 2. The molecule has 29 heavy (non-hydrogen) atoms. The summed E-state index contributed by atoms with van der Waals surface area (Å²) in [7, 11) is -0.796. The zero-order chi connectivity index (χ0) is 21.0. The number of nitrogens with one attached hydrogen (secondary N) is 1. The Bertz CT molecular complexity index is 990. The largest absolute Gasteiger partial charge is 0.497 e. The number of carbonyl (C=O) groups excluding carboxylic acids is 1. The number of fused-ring (bicyclic) bond motifs is 1. The summed E-state index contributed by atoms with van der Waals surface area (Å²) >= 11 is 0. The van der Waals surface area contributed by atoms with Gasteiger partial charge in [0.15, 0.2) is 0 Å². The third-order valence-electron chi connectivity index (χ3n) is 5.05. The van der Waals surface area contributed by atoms with Crippen LogP contribution in [0.4, 0.5) is 5.69 Å². The minimum Gasteiger partial charge on any atom is -0.497 e. The van der Waals surface area contributed by atoms with E-state index < -0.39 is 10.0 Å². The summed E-state index contributed by atoms with van der Waals surface area (Å²) in [5, 5.41) is 3.00. The molecule has 1 N–H and O–H groups in total. The minimum atomic E-state index is -3.73. The molecule has 3 rings (SSSR count). The summed E-state index contributed by atoms with van der Waals surface area (Å²) in [6, 6.07) is 12.7. The molecule has 1 atom stereocenters. The summed E-state index contributed by atoms with van der Waals surface area (Å²) in [5.74, 6) is 0.435. The molecule has 0 aromatic heterocycles. The first-order valence-corrected chi connectivity index (χ1v) is 11.2. The standard InChI is InChI=1S/C21H26N2O5S/c1-27-16-11-12-20(28-2)19(13-16)23(29(3,25)26)14-21(24)22-18-10-6-8-15-7-4-5-9-17(15)18/h4-5,7,9,11-13,18H,6,8,10,14H2,1-3H3,(H,22,24)/t18-/m0/s1. The zero-order valence-corrected chi connectivity index (χ0v) is 17.7. The second-order valence-electron chi connectivity index (χ2n) is 7.02. The fourth-order valence-electron chi connectivity index (χ4n) is 3.65. The van der Waals surface area contributed by atoms with Gasteiger partial charge in [-0.2, -0.15) is 0 Å². The van der Waals surface area contributed by atoms with Crippen LogP contribution in [-0.4, -0.2) is 41.3 Å². The molecule has 7 nitrogen and oxygen atoms in total. The van der Waals surface area contributed by atoms with Crippen LogP contribution in [0.25, 0.3) is 0 Å². The number of carbonyl (C=O) groups is 1. The molecule has 0 unspecified atom stereocenters. The van der Waals surface area contributed by atoms with Gasteiger partial charge >= 0.3 is 0 Å². The van der Waals surface area contributed by atoms with Crippen molar-refractivity contribution in [3.05, 3.63) is 53.6 Å². The quantitative estimate of drug-likeness (QED) is 0.747. The number of hydrogen-bond acceptors (Lipinski definition) is 5. The fraction of sp³-hybridized carbons (Fsp3) is 0.381. The van der Waals surface area contributed by atoms with Gasteiger partial charge in [-0.1, -0.05) is 24.3 Å². The van der Waals surface area contributed by atoms with E-state index in [-0.39, 0.29) is 24.2 Å². The maximum atomic E-state index is 12.8. The van der Waals surface area contributed by atoms with Gasteiger partial charge in [-0.15, -0.1) is 0 Å². The molecule has 1 aliphatic carbocycles. The van der Waals surface area contributed by atoms with Crippen LogP contribution in [0.3, 0.4) is 0 Å². The third-order valence-corrected chi connectivity index (χ3v) is 6.17. The summed E-state index contributed by atoms with van der Waals surface area (Å²) in [4.78, 5) is 12.8. The van der Waals surface area contributed by atoms with E-state index in [1.807, 2.05) is 18.2 Å². The monoisotopic (exact) mass is 418 g/mol. The molecule has 0 aliphatic heterocycles. The number of rotatable bonds is 7. The lowest BCUT2D eigenvalue weighted by atomic mass is 9.88. The van der Waals surface area contributed by atoms with Crippen molar-refractivity contribution >= 4 is 21.6 Å². The number of hydrogen-bond donors (Lipinski definition) is 1. The van der Waals surface area contributed by atoms with Gasteiger partial charge in [0.25, 0.3) is 0 Å². The Kier molecular flexibility index (Phi) is 6.32. The van der Waals surface area contributed by atoms with E-state index in [2.05, 4.69) is 11.4 Å². The van der Waals surface area contributed by atoms with E-state index in [4.69, 9.17) is 9.47 Å². The Balaban J connectivity index is 1.85. The van der Waals surface area contributed by atoms with Crippen molar-refractivity contribution in [2.75, 3.05) is 31.3 Å². The lowest BCUT2D eigenvalue weighted by Crippen LogP contribution is -2.42. The van der Waals surface area contributed by atoms with Crippen LogP contribution in [0.2, 0.25) is 0 Å². The molecule has 2 aromatic rings. The normalized spacial score (nSPS) is 15.9. The number of sulfonamides is 1. The number of amides is 1. The molecule has 8 heteroatoms. The van der Waals surface area contributed by atoms with Crippen molar-refractivity contribution in [1.82, 2.24) is 5.32 Å². The molecule has 0 bridgehead atoms. The predicted octanol–water partition coefficient (Wildman–Crippen LogP) is 2.66. The lowest BCUT2D eigenvalue weighted by molar-refractivity contribution is -0.120. The van der Waals surface area contributed by atoms with Crippen molar-refractivity contribution in [1.29, 1.82) is 0 Å². The maximum Gasteiger partial charge on any atom is 0.241 e. The Morgan fingerprint density at radius 3 is 2.62 bits per heavy atom. The second-order valence-corrected chi connectivity index (χ2v) is 8.93. The van der Waals surface area contributed by atoms with E-state index in [0.29, 0.717) is 11.5 Å². The number of ether oxygens (including phenoxy) is 2. The van der Waals surface area contributed by atoms with Crippen LogP contribution < -0.4 is 19.1 Å². The average Bonchev–Trinajstić information content (AvgIpc) is 2.71. The van der Waals surface area contributed by atoms with Gasteiger partial charge < -0.3 is 14.8 Å². The highest BCUT2D eigenvalue weighted by atomic mass is 32.2. The van der Waals surface area contributed by atoms with Crippen LogP contribution in [-0.2, 0) is 21.2 Å². The topological polar surface area (TPSA) is 84.9 Å². The van der Waals surface area contributed by atoms with E-state index in [1.54, 1.807) is 18.2 Å². The van der Waals surface area contributed by atoms with Crippen molar-refractivity contribution < 1.29 is 22.7 Å². The third kappa shape index (κ3) is 4.82. The maximum absolute atomic E-state index is 12.8. The molecule has 0 heterocycles. The lowest BCUT2D eigenvalue weighted by Gasteiger charge is -2.28. The molecule has 0 saturated carbocycles. The molecule has 1 aliphatic rings. The molecule has 0 radical (unpaired) electrons. The van der Waals surface area contributed by atoms with Crippen LogP contribution >= 0.6 is 0 Å². The molecule has 0 saturated heterocycles. The predicted molar refractivity (Wildman–Crippen MR) is 112 cm³/mol. The molecule has 1 amide bonds. The highest BCUT2D eigenvalue weighted by Gasteiger charge is 2.27. The summed E-state index contributed by atoms with van der Waals surface area (Å²) in [5.41, 5.74) is 2.57. The van der Waals surface area contributed by atoms with Crippen LogP contribution in [0.15, 0.2) is 42.5 Å². The number of benzene rings is 2. The second kappa shape index (κ2) is 8.73. The minimum absolute atomic E-state index is 0.124. The molecule has 2 aromatic carbocycles. The van der Waals surface area contributed by atoms with Crippen molar-refractivity contribution in [2.24, 2.45) is 0 Å². The van der Waals surface area contributed by atoms with Gasteiger partial charge in [0, 0.05) is 6.07 Å². The van der Waals surface area contributed by atoms with Crippen molar-refractivity contribution in [3.63, 3.8) is 0 Å². The zero-order valence-electron chi connectivity index (χ0n) is 16.8. The smallest absolute Gasteiger partial charge is 0.241 e. The molecule has 0 spiro atoms. The van der Waals surface area contributed by atoms with Crippen molar-refractivity contribution in [3.8, 4) is 11.5 Å². The fourth-order valence-corrected chi connectivity index (χ4v) is 4.50. The van der Waals surface area contributed by atoms with Gasteiger partial charge in [0.1, 0.15) is 18.0 Å². The summed E-state index contributed by atoms with van der Waals surface area (Å²) in [6.45, 7) is -0.346. The summed E-state index contributed by atoms with van der Waals surface area (Å²) < 4.78 is 36.5. The van der Waals surface area contributed by atoms with E-state index in [0.717, 1.165) is 35.4 Å². The first-order valence-electron chi connectivity index (χ1n) is 9.40. The molecular formula is C21H26N2O5S. The molecular weight excluding hydrogens is 392 g/mol. The van der Waals surface area contributed by atoms with E-state index in [9.17, 15) is 13.2 Å². The number of nitrogens with zero attached hydrogens (tertiary/aromatic N) is 1. The Morgan fingerprint density at radius 1 is 1.17 bits per heavy atom. The number of anilines is 1. The van der Waals surface area contributed by atoms with E-state index in [1.165, 1.54) is 19.8 Å². The first kappa shape index (κ1) is 21.0. The van der Waals surface area contributed by atoms with Gasteiger partial charge in [0.05, 0.1) is 32.2 Å². The van der Waals surface area contributed by atoms with Gasteiger partial charge in [0.2, 0.25) is 15.9 Å². The van der Waals surface area contributed by atoms with Crippen LogP contribution in [0, 0.1) is 0 Å². The van der Waals surface area contributed by atoms with Gasteiger partial charge in [-0.3, -0.25) is 9.10 Å². The van der Waals surface area contributed by atoms with Gasteiger partial charge in [-0.25, -0.2) is 8.42 Å². The summed E-state index contributed by atoms with van der Waals surface area (Å²) in [6.07, 6.45) is 3.85. The molecule has 0 fully saturated rings. The van der Waals surface area contributed by atoms with Crippen LogP contribution in [0.5, 0.6) is 11.5 Å². The number of aryl methyl sites for hydroxylation is 1. The molecule has 156 valence electrons. The van der Waals surface area contributed by atoms with Crippen LogP contribution in [0.1, 0.15) is 30.0 Å². The highest BCUT2D eigenvalue weighted by molar-refractivity contribution is 7.92. The van der Waals surface area contributed by atoms with Gasteiger partial charge in [-0.05, 0) is 42.5 Å². The average molecular weight is 419 g/mol. The Hall–Kier alpha value is -2.74. The van der Waals surface area contributed by atoms with E-state index >= 15 is 0 Å². The van der Waals surface area contributed by atoms with Crippen molar-refractivity contribution in [2.45, 2.75) is 25.3 Å².